The van der Waals surface area contributed by atoms with E-state index in [1.165, 1.54) is 24.3 Å². The second-order valence-corrected chi connectivity index (χ2v) is 6.18. The lowest BCUT2D eigenvalue weighted by Gasteiger charge is -2.22. The number of carbonyl (C=O) groups is 1. The number of aromatic nitrogens is 2. The molecule has 10 heteroatoms. The first kappa shape index (κ1) is 19.2. The molecule has 1 aromatic carbocycles. The lowest BCUT2D eigenvalue weighted by Crippen LogP contribution is -2.33. The average Bonchev–Trinajstić information content (AvgIpc) is 3.21. The van der Waals surface area contributed by atoms with Gasteiger partial charge in [0.1, 0.15) is 11.8 Å². The topological polar surface area (TPSA) is 77.7 Å². The standard InChI is InChI=1S/C17H18F3N3O4/c1-10-21-22-16(26-10)14-8-13(25-2)9-23(14)15(24)7-11-3-5-12(6-4-11)27-17(18,19)20/h3-6,13-14H,7-9H2,1-2H3/t13-,14-/m1/s1. The molecule has 1 aromatic heterocycles. The monoisotopic (exact) mass is 385 g/mol. The average molecular weight is 385 g/mol. The van der Waals surface area contributed by atoms with E-state index in [9.17, 15) is 18.0 Å². The van der Waals surface area contributed by atoms with E-state index in [0.29, 0.717) is 30.3 Å². The van der Waals surface area contributed by atoms with E-state index in [4.69, 9.17) is 9.15 Å². The number of alkyl halides is 3. The third kappa shape index (κ3) is 4.76. The summed E-state index contributed by atoms with van der Waals surface area (Å²) in [7, 11) is 1.56. The summed E-state index contributed by atoms with van der Waals surface area (Å²) in [6.07, 6.45) is -4.36. The van der Waals surface area contributed by atoms with E-state index >= 15 is 0 Å². The fraction of sp³-hybridized carbons (Fsp3) is 0.471. The molecule has 0 aliphatic carbocycles. The van der Waals surface area contributed by atoms with Crippen molar-refractivity contribution in [1.29, 1.82) is 0 Å². The lowest BCUT2D eigenvalue weighted by molar-refractivity contribution is -0.274. The third-order valence-corrected chi connectivity index (χ3v) is 4.26. The van der Waals surface area contributed by atoms with Crippen LogP contribution in [0.25, 0.3) is 0 Å². The molecule has 0 spiro atoms. The van der Waals surface area contributed by atoms with Gasteiger partial charge in [-0.3, -0.25) is 4.79 Å². The molecule has 0 saturated carbocycles. The van der Waals surface area contributed by atoms with Gasteiger partial charge in [0, 0.05) is 27.0 Å². The molecule has 2 aromatic rings. The van der Waals surface area contributed by atoms with Crippen molar-refractivity contribution in [3.8, 4) is 5.75 Å². The van der Waals surface area contributed by atoms with Crippen LogP contribution >= 0.6 is 0 Å². The molecule has 0 bridgehead atoms. The Hall–Kier alpha value is -2.62. The van der Waals surface area contributed by atoms with Crippen molar-refractivity contribution in [2.24, 2.45) is 0 Å². The van der Waals surface area contributed by atoms with Gasteiger partial charge >= 0.3 is 6.36 Å². The number of ether oxygens (including phenoxy) is 2. The normalized spacial score (nSPS) is 20.1. The van der Waals surface area contributed by atoms with Gasteiger partial charge in [-0.15, -0.1) is 23.4 Å². The minimum atomic E-state index is -4.75. The van der Waals surface area contributed by atoms with Gasteiger partial charge in [0.25, 0.3) is 0 Å². The van der Waals surface area contributed by atoms with Gasteiger partial charge in [0.05, 0.1) is 12.5 Å². The van der Waals surface area contributed by atoms with Crippen LogP contribution in [0.1, 0.15) is 29.8 Å². The molecule has 1 amide bonds. The highest BCUT2D eigenvalue weighted by molar-refractivity contribution is 5.79. The van der Waals surface area contributed by atoms with E-state index in [1.54, 1.807) is 18.9 Å². The summed E-state index contributed by atoms with van der Waals surface area (Å²) in [6.45, 7) is 2.03. The first-order chi connectivity index (χ1) is 12.7. The maximum Gasteiger partial charge on any atom is 0.573 e. The number of benzene rings is 1. The van der Waals surface area contributed by atoms with Gasteiger partial charge in [-0.1, -0.05) is 12.1 Å². The van der Waals surface area contributed by atoms with Gasteiger partial charge < -0.3 is 18.8 Å². The zero-order valence-corrected chi connectivity index (χ0v) is 14.7. The van der Waals surface area contributed by atoms with Crippen molar-refractivity contribution in [1.82, 2.24) is 15.1 Å². The smallest absolute Gasteiger partial charge is 0.423 e. The van der Waals surface area contributed by atoms with Crippen molar-refractivity contribution in [2.45, 2.75) is 38.3 Å². The van der Waals surface area contributed by atoms with Crippen LogP contribution < -0.4 is 4.74 Å². The van der Waals surface area contributed by atoms with Gasteiger partial charge in [0.15, 0.2) is 0 Å². The van der Waals surface area contributed by atoms with E-state index < -0.39 is 12.4 Å². The molecular formula is C17H18F3N3O4. The highest BCUT2D eigenvalue weighted by atomic mass is 19.4. The molecule has 1 saturated heterocycles. The third-order valence-electron chi connectivity index (χ3n) is 4.26. The summed E-state index contributed by atoms with van der Waals surface area (Å²) >= 11 is 0. The second kappa shape index (κ2) is 7.55. The summed E-state index contributed by atoms with van der Waals surface area (Å²) < 4.78 is 51.3. The van der Waals surface area contributed by atoms with Crippen molar-refractivity contribution >= 4 is 5.91 Å². The van der Waals surface area contributed by atoms with E-state index in [1.807, 2.05) is 0 Å². The van der Waals surface area contributed by atoms with E-state index in [-0.39, 0.29) is 24.2 Å². The number of carbonyl (C=O) groups excluding carboxylic acids is 1. The maximum atomic E-state index is 12.7. The molecule has 3 rings (SSSR count). The molecule has 2 heterocycles. The molecule has 7 nitrogen and oxygen atoms in total. The predicted molar refractivity (Wildman–Crippen MR) is 85.7 cm³/mol. The highest BCUT2D eigenvalue weighted by Gasteiger charge is 2.39. The van der Waals surface area contributed by atoms with Gasteiger partial charge in [-0.2, -0.15) is 0 Å². The maximum absolute atomic E-state index is 12.7. The molecule has 1 fully saturated rings. The van der Waals surface area contributed by atoms with Crippen LogP contribution in [0.2, 0.25) is 0 Å². The number of methoxy groups -OCH3 is 1. The molecule has 1 aliphatic rings. The van der Waals surface area contributed by atoms with Crippen molar-refractivity contribution in [3.63, 3.8) is 0 Å². The summed E-state index contributed by atoms with van der Waals surface area (Å²) in [4.78, 5) is 14.3. The Kier molecular flexibility index (Phi) is 5.36. The van der Waals surface area contributed by atoms with Crippen LogP contribution in [-0.2, 0) is 16.0 Å². The first-order valence-corrected chi connectivity index (χ1v) is 8.22. The lowest BCUT2D eigenvalue weighted by atomic mass is 10.1. The Labute approximate surface area is 153 Å². The number of amides is 1. The fourth-order valence-electron chi connectivity index (χ4n) is 3.01. The molecule has 2 atom stereocenters. The molecule has 27 heavy (non-hydrogen) atoms. The summed E-state index contributed by atoms with van der Waals surface area (Å²) in [6, 6.07) is 4.81. The van der Waals surface area contributed by atoms with Crippen molar-refractivity contribution in [2.75, 3.05) is 13.7 Å². The number of rotatable bonds is 5. The van der Waals surface area contributed by atoms with Crippen LogP contribution in [0.15, 0.2) is 28.7 Å². The summed E-state index contributed by atoms with van der Waals surface area (Å²) in [5.74, 6) is 0.200. The SMILES string of the molecule is CO[C@@H]1C[C@H](c2nnc(C)o2)N(C(=O)Cc2ccc(OC(F)(F)F)cc2)C1. The quantitative estimate of drug-likeness (QED) is 0.788. The molecule has 146 valence electrons. The Morgan fingerprint density at radius 2 is 2.00 bits per heavy atom. The van der Waals surface area contributed by atoms with Crippen molar-refractivity contribution in [3.05, 3.63) is 41.6 Å². The van der Waals surface area contributed by atoms with Crippen LogP contribution in [0.5, 0.6) is 5.75 Å². The van der Waals surface area contributed by atoms with Gasteiger partial charge in [0.2, 0.25) is 17.7 Å². The Morgan fingerprint density at radius 3 is 2.56 bits per heavy atom. The first-order valence-electron chi connectivity index (χ1n) is 8.22. The summed E-state index contributed by atoms with van der Waals surface area (Å²) in [5, 5.41) is 7.79. The number of nitrogens with zero attached hydrogens (tertiary/aromatic N) is 3. The van der Waals surface area contributed by atoms with Crippen LogP contribution in [0.3, 0.4) is 0 Å². The van der Waals surface area contributed by atoms with Crippen LogP contribution in [-0.4, -0.2) is 47.1 Å². The molecule has 0 radical (unpaired) electrons. The molecular weight excluding hydrogens is 367 g/mol. The largest absolute Gasteiger partial charge is 0.573 e. The van der Waals surface area contributed by atoms with E-state index in [2.05, 4.69) is 14.9 Å². The fourth-order valence-corrected chi connectivity index (χ4v) is 3.01. The Balaban J connectivity index is 1.70. The molecule has 0 unspecified atom stereocenters. The minimum absolute atomic E-state index is 0.0202. The van der Waals surface area contributed by atoms with Crippen molar-refractivity contribution < 1.29 is 31.9 Å². The van der Waals surface area contributed by atoms with Gasteiger partial charge in [-0.25, -0.2) is 0 Å². The summed E-state index contributed by atoms with van der Waals surface area (Å²) in [5.41, 5.74) is 0.566. The number of likely N-dealkylation sites (tertiary alicyclic amines) is 1. The number of hydrogen-bond donors (Lipinski definition) is 0. The van der Waals surface area contributed by atoms with E-state index in [0.717, 1.165) is 0 Å². The number of hydrogen-bond acceptors (Lipinski definition) is 6. The Morgan fingerprint density at radius 1 is 1.30 bits per heavy atom. The van der Waals surface area contributed by atoms with Crippen LogP contribution in [0, 0.1) is 6.92 Å². The van der Waals surface area contributed by atoms with Gasteiger partial charge in [-0.05, 0) is 17.7 Å². The highest BCUT2D eigenvalue weighted by Crippen LogP contribution is 2.33. The molecule has 1 aliphatic heterocycles. The molecule has 0 N–H and O–H groups in total. The Bertz CT molecular complexity index is 791. The zero-order valence-electron chi connectivity index (χ0n) is 14.7. The van der Waals surface area contributed by atoms with Crippen LogP contribution in [0.4, 0.5) is 13.2 Å². The zero-order chi connectivity index (χ0) is 19.6. The number of aryl methyl sites for hydroxylation is 1. The predicted octanol–water partition coefficient (Wildman–Crippen LogP) is 2.81. The minimum Gasteiger partial charge on any atom is -0.423 e. The second-order valence-electron chi connectivity index (χ2n) is 6.18. The number of halogens is 3.